The number of nitrogens with zero attached hydrogens (tertiary/aromatic N) is 1. The molecule has 3 rings (SSSR count). The molecule has 20 heavy (non-hydrogen) atoms. The molecule has 100 valence electrons. The second-order valence-electron chi connectivity index (χ2n) is 4.54. The van der Waals surface area contributed by atoms with Gasteiger partial charge >= 0.3 is 0 Å². The maximum Gasteiger partial charge on any atom is 0.227 e. The first kappa shape index (κ1) is 14.4. The average molecular weight is 328 g/mol. The molecular formula is C17H14BrNO. The highest BCUT2D eigenvalue weighted by atomic mass is 79.9. The fourth-order valence-corrected chi connectivity index (χ4v) is 2.16. The zero-order chi connectivity index (χ0) is 13.1. The van der Waals surface area contributed by atoms with Gasteiger partial charge in [-0.25, -0.2) is 0 Å². The van der Waals surface area contributed by atoms with Crippen LogP contribution >= 0.6 is 0 Å². The van der Waals surface area contributed by atoms with E-state index in [1.54, 1.807) is 0 Å². The Labute approximate surface area is 128 Å². The van der Waals surface area contributed by atoms with E-state index >= 15 is 0 Å². The van der Waals surface area contributed by atoms with Gasteiger partial charge in [-0.15, -0.1) is 0 Å². The molecule has 0 aliphatic carbocycles. The lowest BCUT2D eigenvalue weighted by Gasteiger charge is -1.99. The monoisotopic (exact) mass is 327 g/mol. The fraction of sp³-hybridized carbons (Fsp3) is 0.0588. The summed E-state index contributed by atoms with van der Waals surface area (Å²) in [4.78, 5) is 12.1. The number of carbonyl (C=O) groups is 1. The van der Waals surface area contributed by atoms with E-state index in [0.717, 1.165) is 10.9 Å². The van der Waals surface area contributed by atoms with Crippen LogP contribution in [0.2, 0.25) is 0 Å². The summed E-state index contributed by atoms with van der Waals surface area (Å²) in [6, 6.07) is 19.6. The second kappa shape index (κ2) is 6.44. The number of halogens is 1. The first-order valence-corrected chi connectivity index (χ1v) is 6.29. The number of aromatic nitrogens is 1. The van der Waals surface area contributed by atoms with Gasteiger partial charge in [0.05, 0.1) is 0 Å². The quantitative estimate of drug-likeness (QED) is 0.490. The number of carbonyl (C=O) groups excluding carboxylic acids is 1. The highest BCUT2D eigenvalue weighted by Gasteiger charge is 2.11. The van der Waals surface area contributed by atoms with Gasteiger partial charge in [0, 0.05) is 17.0 Å². The lowest BCUT2D eigenvalue weighted by molar-refractivity contribution is -0.681. The minimum absolute atomic E-state index is 0. The molecule has 0 saturated heterocycles. The van der Waals surface area contributed by atoms with Gasteiger partial charge in [0.15, 0.2) is 12.4 Å². The van der Waals surface area contributed by atoms with Gasteiger partial charge in [0.2, 0.25) is 12.3 Å². The predicted octanol–water partition coefficient (Wildman–Crippen LogP) is 0.0142. The van der Waals surface area contributed by atoms with Gasteiger partial charge in [-0.3, -0.25) is 4.79 Å². The van der Waals surface area contributed by atoms with Gasteiger partial charge in [-0.05, 0) is 11.5 Å². The fourth-order valence-electron chi connectivity index (χ4n) is 2.16. The highest BCUT2D eigenvalue weighted by Crippen LogP contribution is 2.09. The molecule has 0 atom stereocenters. The Kier molecular flexibility index (Phi) is 4.64. The standard InChI is InChI=1S/C17H14NO.BrH/c19-17(15-7-2-1-3-8-15)13-18-11-10-14-6-4-5-9-16(14)12-18;/h1-12H,13H2;1H/q+1;/p-1. The molecule has 2 nitrogen and oxygen atoms in total. The number of rotatable bonds is 3. The number of fused-ring (bicyclic) bond motifs is 1. The Bertz CT molecular complexity index is 725. The first-order chi connectivity index (χ1) is 9.33. The minimum atomic E-state index is 0. The molecule has 0 fully saturated rings. The highest BCUT2D eigenvalue weighted by molar-refractivity contribution is 5.95. The molecular weight excluding hydrogens is 314 g/mol. The molecule has 0 saturated carbocycles. The number of hydrogen-bond acceptors (Lipinski definition) is 1. The van der Waals surface area contributed by atoms with Crippen molar-refractivity contribution in [1.29, 1.82) is 0 Å². The molecule has 1 aromatic heterocycles. The number of hydrogen-bond donors (Lipinski definition) is 0. The van der Waals surface area contributed by atoms with Crippen molar-refractivity contribution in [3.05, 3.63) is 78.6 Å². The van der Waals surface area contributed by atoms with E-state index in [-0.39, 0.29) is 22.8 Å². The van der Waals surface area contributed by atoms with E-state index in [2.05, 4.69) is 12.1 Å². The van der Waals surface area contributed by atoms with E-state index < -0.39 is 0 Å². The van der Waals surface area contributed by atoms with Crippen LogP contribution in [-0.4, -0.2) is 5.78 Å². The van der Waals surface area contributed by atoms with Gasteiger partial charge < -0.3 is 17.0 Å². The Balaban J connectivity index is 0.00000147. The van der Waals surface area contributed by atoms with Crippen LogP contribution in [0.15, 0.2) is 73.1 Å². The maximum atomic E-state index is 12.1. The molecule has 0 aliphatic rings. The molecule has 0 bridgehead atoms. The number of ketones is 1. The molecule has 0 unspecified atom stereocenters. The van der Waals surface area contributed by atoms with Crippen molar-refractivity contribution >= 4 is 16.6 Å². The van der Waals surface area contributed by atoms with Crippen LogP contribution in [0.4, 0.5) is 0 Å². The molecule has 0 aliphatic heterocycles. The predicted molar refractivity (Wildman–Crippen MR) is 74.9 cm³/mol. The Hall–Kier alpha value is -2.00. The van der Waals surface area contributed by atoms with Crippen molar-refractivity contribution < 1.29 is 26.3 Å². The van der Waals surface area contributed by atoms with E-state index in [9.17, 15) is 4.79 Å². The van der Waals surface area contributed by atoms with Crippen LogP contribution in [-0.2, 0) is 6.54 Å². The molecule has 0 N–H and O–H groups in total. The summed E-state index contributed by atoms with van der Waals surface area (Å²) in [7, 11) is 0. The van der Waals surface area contributed by atoms with Crippen molar-refractivity contribution in [2.24, 2.45) is 0 Å². The number of Topliss-reactive ketones (excluding diaryl/α,β-unsaturated/α-hetero) is 1. The lowest BCUT2D eigenvalue weighted by Crippen LogP contribution is -3.00. The van der Waals surface area contributed by atoms with Gasteiger partial charge in [0.1, 0.15) is 0 Å². The summed E-state index contributed by atoms with van der Waals surface area (Å²) in [5.74, 6) is 0.126. The summed E-state index contributed by atoms with van der Waals surface area (Å²) in [5, 5.41) is 2.33. The van der Waals surface area contributed by atoms with E-state index in [1.165, 1.54) is 5.39 Å². The maximum absolute atomic E-state index is 12.1. The minimum Gasteiger partial charge on any atom is -1.00 e. The molecule has 3 heteroatoms. The van der Waals surface area contributed by atoms with Crippen LogP contribution in [0.1, 0.15) is 10.4 Å². The summed E-state index contributed by atoms with van der Waals surface area (Å²) in [6.07, 6.45) is 3.96. The Morgan fingerprint density at radius 1 is 0.850 bits per heavy atom. The third-order valence-electron chi connectivity index (χ3n) is 3.17. The van der Waals surface area contributed by atoms with Crippen molar-refractivity contribution in [2.75, 3.05) is 0 Å². The number of pyridine rings is 1. The summed E-state index contributed by atoms with van der Waals surface area (Å²) < 4.78 is 1.93. The number of benzene rings is 2. The molecule has 1 heterocycles. The smallest absolute Gasteiger partial charge is 0.227 e. The Morgan fingerprint density at radius 3 is 2.25 bits per heavy atom. The van der Waals surface area contributed by atoms with Gasteiger partial charge in [-0.2, -0.15) is 4.57 Å². The zero-order valence-corrected chi connectivity index (χ0v) is 12.5. The van der Waals surface area contributed by atoms with Crippen LogP contribution in [0.25, 0.3) is 10.8 Å². The van der Waals surface area contributed by atoms with E-state index in [0.29, 0.717) is 6.54 Å². The molecule has 0 amide bonds. The second-order valence-corrected chi connectivity index (χ2v) is 4.54. The van der Waals surface area contributed by atoms with Crippen molar-refractivity contribution in [1.82, 2.24) is 0 Å². The summed E-state index contributed by atoms with van der Waals surface area (Å²) >= 11 is 0. The average Bonchev–Trinajstić information content (AvgIpc) is 2.48. The lowest BCUT2D eigenvalue weighted by atomic mass is 10.1. The first-order valence-electron chi connectivity index (χ1n) is 6.29. The van der Waals surface area contributed by atoms with Crippen LogP contribution < -0.4 is 21.5 Å². The Morgan fingerprint density at radius 2 is 1.50 bits per heavy atom. The SMILES string of the molecule is O=C(C[n+]1ccc2ccccc2c1)c1ccccc1.[Br-]. The molecule has 2 aromatic carbocycles. The summed E-state index contributed by atoms with van der Waals surface area (Å²) in [6.45, 7) is 0.370. The largest absolute Gasteiger partial charge is 1.00 e. The molecule has 3 aromatic rings. The molecule has 0 radical (unpaired) electrons. The topological polar surface area (TPSA) is 20.9 Å². The third kappa shape index (κ3) is 3.11. The van der Waals surface area contributed by atoms with Gasteiger partial charge in [0.25, 0.3) is 0 Å². The van der Waals surface area contributed by atoms with Crippen molar-refractivity contribution in [2.45, 2.75) is 6.54 Å². The summed E-state index contributed by atoms with van der Waals surface area (Å²) in [5.41, 5.74) is 0.753. The van der Waals surface area contributed by atoms with Crippen molar-refractivity contribution in [3.8, 4) is 0 Å². The van der Waals surface area contributed by atoms with Crippen LogP contribution in [0, 0.1) is 0 Å². The zero-order valence-electron chi connectivity index (χ0n) is 10.9. The van der Waals surface area contributed by atoms with E-state index in [4.69, 9.17) is 0 Å². The van der Waals surface area contributed by atoms with E-state index in [1.807, 2.05) is 65.5 Å². The van der Waals surface area contributed by atoms with Crippen molar-refractivity contribution in [3.63, 3.8) is 0 Å². The van der Waals surface area contributed by atoms with Crippen LogP contribution in [0.5, 0.6) is 0 Å². The third-order valence-corrected chi connectivity index (χ3v) is 3.17. The van der Waals surface area contributed by atoms with Gasteiger partial charge in [-0.1, -0.05) is 48.5 Å². The van der Waals surface area contributed by atoms with Crippen LogP contribution in [0.3, 0.4) is 0 Å². The normalized spacial score (nSPS) is 10.0. The molecule has 0 spiro atoms.